The number of para-hydroxylation sites is 2. The van der Waals surface area contributed by atoms with Gasteiger partial charge in [0.2, 0.25) is 0 Å². The molecule has 0 saturated heterocycles. The van der Waals surface area contributed by atoms with Crippen molar-refractivity contribution >= 4 is 35.0 Å². The lowest BCUT2D eigenvalue weighted by Crippen LogP contribution is -2.35. The Hall–Kier alpha value is -2.07. The maximum Gasteiger partial charge on any atom is 0.337 e. The fourth-order valence-corrected chi connectivity index (χ4v) is 5.11. The zero-order valence-corrected chi connectivity index (χ0v) is 21.8. The van der Waals surface area contributed by atoms with Gasteiger partial charge < -0.3 is 0 Å². The van der Waals surface area contributed by atoms with E-state index in [9.17, 15) is 4.79 Å². The monoisotopic (exact) mass is 451 g/mol. The number of carbonyl (C=O) groups is 1. The van der Waals surface area contributed by atoms with E-state index in [-0.39, 0.29) is 5.12 Å². The summed E-state index contributed by atoms with van der Waals surface area (Å²) < 4.78 is 2.24. The van der Waals surface area contributed by atoms with Crippen LogP contribution in [-0.4, -0.2) is 28.6 Å². The first-order chi connectivity index (χ1) is 15.1. The molecule has 32 heavy (non-hydrogen) atoms. The first-order valence-electron chi connectivity index (χ1n) is 12.0. The highest BCUT2D eigenvalue weighted by atomic mass is 32.1. The topological polar surface area (TPSA) is 23.3 Å². The summed E-state index contributed by atoms with van der Waals surface area (Å²) in [5.74, 6) is 2.14. The molecule has 0 unspecified atom stereocenters. The SMILES string of the molecule is CC(C)c1cccc(C(C)C)c1N1CC[N+](c2c(C(C)C)cccc2C(C)C)=C1C(=O)S. The summed E-state index contributed by atoms with van der Waals surface area (Å²) in [6, 6.07) is 13.1. The number of carbonyl (C=O) groups excluding carboxylic acids is 1. The van der Waals surface area contributed by atoms with Gasteiger partial charge in [-0.25, -0.2) is 9.48 Å². The second-order valence-electron chi connectivity index (χ2n) is 10.1. The summed E-state index contributed by atoms with van der Waals surface area (Å²) >= 11 is 4.40. The molecule has 0 saturated carbocycles. The van der Waals surface area contributed by atoms with Crippen LogP contribution >= 0.6 is 12.6 Å². The third-order valence-electron chi connectivity index (χ3n) is 6.47. The van der Waals surface area contributed by atoms with E-state index in [1.165, 1.54) is 33.6 Å². The quantitative estimate of drug-likeness (QED) is 0.355. The molecule has 172 valence electrons. The van der Waals surface area contributed by atoms with Gasteiger partial charge in [0.25, 0.3) is 5.12 Å². The van der Waals surface area contributed by atoms with Gasteiger partial charge in [0, 0.05) is 22.3 Å². The van der Waals surface area contributed by atoms with Gasteiger partial charge >= 0.3 is 5.84 Å². The third-order valence-corrected chi connectivity index (χ3v) is 6.67. The molecule has 3 nitrogen and oxygen atoms in total. The first-order valence-corrected chi connectivity index (χ1v) is 12.4. The van der Waals surface area contributed by atoms with E-state index in [0.29, 0.717) is 29.5 Å². The molecule has 0 aliphatic carbocycles. The van der Waals surface area contributed by atoms with Gasteiger partial charge in [-0.05, 0) is 23.7 Å². The summed E-state index contributed by atoms with van der Waals surface area (Å²) in [5.41, 5.74) is 7.51. The number of thiol groups is 1. The van der Waals surface area contributed by atoms with Crippen LogP contribution in [0.1, 0.15) is 101 Å². The van der Waals surface area contributed by atoms with Crippen molar-refractivity contribution < 1.29 is 9.37 Å². The summed E-state index contributed by atoms with van der Waals surface area (Å²) in [6.07, 6.45) is 0. The largest absolute Gasteiger partial charge is 0.337 e. The highest BCUT2D eigenvalue weighted by Crippen LogP contribution is 2.40. The molecule has 1 aliphatic heterocycles. The zero-order valence-electron chi connectivity index (χ0n) is 20.9. The zero-order chi connectivity index (χ0) is 23.7. The van der Waals surface area contributed by atoms with Crippen molar-refractivity contribution in [3.63, 3.8) is 0 Å². The number of benzene rings is 2. The lowest BCUT2D eigenvalue weighted by atomic mass is 9.92. The maximum atomic E-state index is 13.1. The van der Waals surface area contributed by atoms with Crippen LogP contribution in [0.25, 0.3) is 0 Å². The predicted molar refractivity (Wildman–Crippen MR) is 140 cm³/mol. The standard InChI is InChI=1S/C28H38N2OS/c1-17(2)21-11-9-12-22(18(3)4)25(21)29-15-16-30(27(29)28(31)32)26-23(19(5)6)13-10-14-24(26)20(7)8/h9-14,17-20H,15-16H2,1-8H3/p+1. The normalized spacial score (nSPS) is 14.6. The van der Waals surface area contributed by atoms with E-state index in [2.05, 4.69) is 114 Å². The Morgan fingerprint density at radius 3 is 1.56 bits per heavy atom. The highest BCUT2D eigenvalue weighted by molar-refractivity contribution is 7.98. The number of rotatable bonds is 7. The molecule has 0 radical (unpaired) electrons. The highest BCUT2D eigenvalue weighted by Gasteiger charge is 2.41. The fraction of sp³-hybridized carbons (Fsp3) is 0.500. The predicted octanol–water partition coefficient (Wildman–Crippen LogP) is 7.20. The smallest absolute Gasteiger partial charge is 0.273 e. The van der Waals surface area contributed by atoms with Gasteiger partial charge in [0.05, 0.1) is 0 Å². The molecule has 1 aliphatic rings. The van der Waals surface area contributed by atoms with E-state index < -0.39 is 0 Å². The second-order valence-corrected chi connectivity index (χ2v) is 10.5. The van der Waals surface area contributed by atoms with Crippen LogP contribution in [0.4, 0.5) is 11.4 Å². The molecule has 0 aromatic heterocycles. The lowest BCUT2D eigenvalue weighted by molar-refractivity contribution is -0.429. The first kappa shape index (κ1) is 24.6. The molecule has 0 spiro atoms. The van der Waals surface area contributed by atoms with Crippen molar-refractivity contribution in [2.45, 2.75) is 79.1 Å². The Morgan fingerprint density at radius 2 is 1.19 bits per heavy atom. The lowest BCUT2D eigenvalue weighted by Gasteiger charge is -2.23. The van der Waals surface area contributed by atoms with Gasteiger partial charge in [-0.2, -0.15) is 0 Å². The third kappa shape index (κ3) is 4.52. The molecule has 2 aromatic rings. The maximum absolute atomic E-state index is 13.1. The van der Waals surface area contributed by atoms with Crippen molar-refractivity contribution in [2.75, 3.05) is 18.0 Å². The van der Waals surface area contributed by atoms with Crippen LogP contribution in [-0.2, 0) is 4.79 Å². The van der Waals surface area contributed by atoms with Crippen LogP contribution in [0.5, 0.6) is 0 Å². The number of nitrogens with zero attached hydrogens (tertiary/aromatic N) is 2. The molecule has 0 atom stereocenters. The molecule has 4 heteroatoms. The van der Waals surface area contributed by atoms with Crippen LogP contribution in [0, 0.1) is 0 Å². The van der Waals surface area contributed by atoms with E-state index in [4.69, 9.17) is 0 Å². The van der Waals surface area contributed by atoms with Crippen LogP contribution < -0.4 is 4.90 Å². The van der Waals surface area contributed by atoms with Gasteiger partial charge in [-0.15, -0.1) is 0 Å². The van der Waals surface area contributed by atoms with Crippen molar-refractivity contribution in [1.29, 1.82) is 0 Å². The molecule has 2 aromatic carbocycles. The Labute approximate surface area is 200 Å². The molecule has 0 amide bonds. The second kappa shape index (κ2) is 9.82. The van der Waals surface area contributed by atoms with Crippen molar-refractivity contribution in [2.24, 2.45) is 0 Å². The van der Waals surface area contributed by atoms with Crippen LogP contribution in [0.2, 0.25) is 0 Å². The van der Waals surface area contributed by atoms with E-state index in [0.717, 1.165) is 13.1 Å². The van der Waals surface area contributed by atoms with Crippen LogP contribution in [0.15, 0.2) is 36.4 Å². The fourth-order valence-electron chi connectivity index (χ4n) is 4.87. The summed E-state index contributed by atoms with van der Waals surface area (Å²) in [4.78, 5) is 15.3. The minimum Gasteiger partial charge on any atom is -0.273 e. The molecular formula is C28H39N2OS+. The average Bonchev–Trinajstić information content (AvgIpc) is 3.17. The van der Waals surface area contributed by atoms with E-state index in [1.807, 2.05) is 0 Å². The summed E-state index contributed by atoms with van der Waals surface area (Å²) in [7, 11) is 0. The molecule has 0 bridgehead atoms. The average molecular weight is 452 g/mol. The van der Waals surface area contributed by atoms with E-state index >= 15 is 0 Å². The minimum absolute atomic E-state index is 0.177. The van der Waals surface area contributed by atoms with Crippen LogP contribution in [0.3, 0.4) is 0 Å². The summed E-state index contributed by atoms with van der Waals surface area (Å²) in [6.45, 7) is 19.4. The van der Waals surface area contributed by atoms with Gasteiger partial charge in [0.15, 0.2) is 0 Å². The van der Waals surface area contributed by atoms with Gasteiger partial charge in [-0.1, -0.05) is 104 Å². The molecule has 1 heterocycles. The van der Waals surface area contributed by atoms with Gasteiger partial charge in [-0.3, -0.25) is 4.79 Å². The van der Waals surface area contributed by atoms with Gasteiger partial charge in [0.1, 0.15) is 24.5 Å². The van der Waals surface area contributed by atoms with Crippen molar-refractivity contribution in [1.82, 2.24) is 0 Å². The Balaban J connectivity index is 2.34. The number of hydrogen-bond acceptors (Lipinski definition) is 2. The number of hydrogen-bond donors (Lipinski definition) is 1. The number of amidine groups is 1. The van der Waals surface area contributed by atoms with Crippen molar-refractivity contribution in [3.05, 3.63) is 58.7 Å². The van der Waals surface area contributed by atoms with Crippen molar-refractivity contribution in [3.8, 4) is 0 Å². The Kier molecular flexibility index (Phi) is 7.54. The molecular weight excluding hydrogens is 412 g/mol. The Bertz CT molecular complexity index is 981. The minimum atomic E-state index is -0.177. The molecule has 0 fully saturated rings. The summed E-state index contributed by atoms with van der Waals surface area (Å²) in [5, 5.41) is -0.177. The Morgan fingerprint density at radius 1 is 0.781 bits per heavy atom. The molecule has 0 N–H and O–H groups in total. The van der Waals surface area contributed by atoms with E-state index in [1.54, 1.807) is 0 Å². The number of anilines is 1. The molecule has 3 rings (SSSR count).